The number of methoxy groups -OCH3 is 1. The van der Waals surface area contributed by atoms with Gasteiger partial charge < -0.3 is 20.1 Å². The van der Waals surface area contributed by atoms with Crippen LogP contribution in [0.15, 0.2) is 53.7 Å². The number of likely N-dealkylation sites (tertiary alicyclic amines) is 1. The lowest BCUT2D eigenvalue weighted by atomic mass is 9.97. The first-order valence-corrected chi connectivity index (χ1v) is 11.0. The number of nitrogens with zero attached hydrogens (tertiary/aromatic N) is 3. The van der Waals surface area contributed by atoms with E-state index in [0.717, 1.165) is 37.5 Å². The van der Waals surface area contributed by atoms with Crippen molar-refractivity contribution in [2.75, 3.05) is 33.9 Å². The zero-order valence-electron chi connectivity index (χ0n) is 19.3. The number of halogens is 1. The summed E-state index contributed by atoms with van der Waals surface area (Å²) in [5.74, 6) is 1.44. The summed E-state index contributed by atoms with van der Waals surface area (Å²) in [7, 11) is 3.47. The number of pyridine rings is 1. The summed E-state index contributed by atoms with van der Waals surface area (Å²) in [4.78, 5) is 11.3. The molecule has 1 aromatic heterocycles. The Morgan fingerprint density at radius 2 is 1.97 bits per heavy atom. The second-order valence-electron chi connectivity index (χ2n) is 7.94. The Hall–Kier alpha value is -1.91. The third kappa shape index (κ3) is 8.55. The Labute approximate surface area is 209 Å². The fourth-order valence-corrected chi connectivity index (χ4v) is 3.81. The van der Waals surface area contributed by atoms with E-state index in [1.54, 1.807) is 7.11 Å². The molecule has 1 fully saturated rings. The molecule has 2 unspecified atom stereocenters. The Bertz CT molecular complexity index is 804. The molecule has 2 heterocycles. The molecule has 0 spiro atoms. The van der Waals surface area contributed by atoms with Crippen molar-refractivity contribution in [2.45, 2.75) is 44.9 Å². The maximum Gasteiger partial charge on any atom is 0.213 e. The van der Waals surface area contributed by atoms with Gasteiger partial charge in [-0.1, -0.05) is 36.4 Å². The molecule has 1 aliphatic heterocycles. The number of hydrogen-bond donors (Lipinski definition) is 2. The summed E-state index contributed by atoms with van der Waals surface area (Å²) >= 11 is 0. The molecule has 0 amide bonds. The number of rotatable bonds is 9. The molecular weight excluding hydrogens is 517 g/mol. The van der Waals surface area contributed by atoms with Crippen LogP contribution >= 0.6 is 24.0 Å². The highest BCUT2D eigenvalue weighted by Crippen LogP contribution is 2.20. The number of aromatic nitrogens is 1. The minimum Gasteiger partial charge on any atom is -0.475 e. The van der Waals surface area contributed by atoms with Crippen molar-refractivity contribution in [2.24, 2.45) is 4.99 Å². The van der Waals surface area contributed by atoms with Crippen molar-refractivity contribution >= 4 is 29.9 Å². The minimum absolute atomic E-state index is 0. The van der Waals surface area contributed by atoms with Crippen LogP contribution < -0.4 is 15.4 Å². The Kier molecular flexibility index (Phi) is 11.8. The molecule has 0 radical (unpaired) electrons. The highest BCUT2D eigenvalue weighted by Gasteiger charge is 2.25. The van der Waals surface area contributed by atoms with Gasteiger partial charge in [-0.3, -0.25) is 9.89 Å². The smallest absolute Gasteiger partial charge is 0.213 e. The third-order valence-electron chi connectivity index (χ3n) is 5.60. The van der Waals surface area contributed by atoms with Gasteiger partial charge in [0.2, 0.25) is 5.88 Å². The zero-order chi connectivity index (χ0) is 21.9. The predicted octanol–water partition coefficient (Wildman–Crippen LogP) is 3.44. The van der Waals surface area contributed by atoms with Crippen LogP contribution in [-0.2, 0) is 17.8 Å². The number of aliphatic imine (C=N–C) groups is 1. The summed E-state index contributed by atoms with van der Waals surface area (Å²) in [6.45, 7) is 6.12. The van der Waals surface area contributed by atoms with Gasteiger partial charge in [0.05, 0.1) is 6.61 Å². The van der Waals surface area contributed by atoms with Crippen LogP contribution in [-0.4, -0.2) is 61.8 Å². The zero-order valence-corrected chi connectivity index (χ0v) is 21.6. The van der Waals surface area contributed by atoms with Gasteiger partial charge in [-0.25, -0.2) is 4.98 Å². The van der Waals surface area contributed by atoms with Crippen molar-refractivity contribution in [3.63, 3.8) is 0 Å². The Morgan fingerprint density at radius 1 is 1.16 bits per heavy atom. The largest absolute Gasteiger partial charge is 0.475 e. The van der Waals surface area contributed by atoms with Crippen LogP contribution in [0.1, 0.15) is 30.9 Å². The number of benzene rings is 1. The molecule has 32 heavy (non-hydrogen) atoms. The monoisotopic (exact) mass is 553 g/mol. The van der Waals surface area contributed by atoms with Gasteiger partial charge in [0.1, 0.15) is 6.61 Å². The van der Waals surface area contributed by atoms with E-state index in [4.69, 9.17) is 9.47 Å². The highest BCUT2D eigenvalue weighted by atomic mass is 127. The Morgan fingerprint density at radius 3 is 2.62 bits per heavy atom. The lowest BCUT2D eigenvalue weighted by Crippen LogP contribution is -2.51. The third-order valence-corrected chi connectivity index (χ3v) is 5.60. The van der Waals surface area contributed by atoms with E-state index in [2.05, 4.69) is 62.8 Å². The van der Waals surface area contributed by atoms with Crippen molar-refractivity contribution in [1.29, 1.82) is 0 Å². The average Bonchev–Trinajstić information content (AvgIpc) is 2.80. The molecule has 2 atom stereocenters. The maximum atomic E-state index is 5.51. The first-order chi connectivity index (χ1) is 15.2. The molecule has 0 bridgehead atoms. The van der Waals surface area contributed by atoms with E-state index in [1.165, 1.54) is 5.56 Å². The van der Waals surface area contributed by atoms with Gasteiger partial charge in [-0.15, -0.1) is 24.0 Å². The normalized spacial score (nSPS) is 19.2. The quantitative estimate of drug-likeness (QED) is 0.215. The van der Waals surface area contributed by atoms with E-state index in [9.17, 15) is 0 Å². The van der Waals surface area contributed by atoms with Crippen LogP contribution in [0, 0.1) is 0 Å². The molecule has 1 saturated heterocycles. The lowest BCUT2D eigenvalue weighted by molar-refractivity contribution is 0.134. The minimum atomic E-state index is 0. The summed E-state index contributed by atoms with van der Waals surface area (Å²) in [5, 5.41) is 6.98. The van der Waals surface area contributed by atoms with E-state index in [1.807, 2.05) is 25.4 Å². The van der Waals surface area contributed by atoms with E-state index in [0.29, 0.717) is 37.7 Å². The molecule has 0 aliphatic carbocycles. The van der Waals surface area contributed by atoms with Crippen LogP contribution in [0.4, 0.5) is 0 Å². The lowest BCUT2D eigenvalue weighted by Gasteiger charge is -2.38. The van der Waals surface area contributed by atoms with Crippen LogP contribution in [0.3, 0.4) is 0 Å². The second kappa shape index (κ2) is 14.3. The number of guanidine groups is 1. The summed E-state index contributed by atoms with van der Waals surface area (Å²) in [6, 6.07) is 15.5. The van der Waals surface area contributed by atoms with Gasteiger partial charge in [0.25, 0.3) is 0 Å². The van der Waals surface area contributed by atoms with Crippen LogP contribution in [0.2, 0.25) is 0 Å². The molecule has 7 nitrogen and oxygen atoms in total. The molecular formula is C24H36IN5O2. The molecule has 0 saturated carbocycles. The molecule has 176 valence electrons. The average molecular weight is 553 g/mol. The number of piperidine rings is 1. The fraction of sp³-hybridized carbons (Fsp3) is 0.500. The van der Waals surface area contributed by atoms with Crippen LogP contribution in [0.5, 0.6) is 5.88 Å². The molecule has 1 aliphatic rings. The number of nitrogens with one attached hydrogen (secondary N) is 2. The van der Waals surface area contributed by atoms with E-state index >= 15 is 0 Å². The number of hydrogen-bond acceptors (Lipinski definition) is 5. The van der Waals surface area contributed by atoms with Crippen molar-refractivity contribution < 1.29 is 9.47 Å². The van der Waals surface area contributed by atoms with Gasteiger partial charge in [0, 0.05) is 58.1 Å². The predicted molar refractivity (Wildman–Crippen MR) is 140 cm³/mol. The topological polar surface area (TPSA) is 71.0 Å². The fourth-order valence-electron chi connectivity index (χ4n) is 3.81. The van der Waals surface area contributed by atoms with Crippen molar-refractivity contribution in [3.8, 4) is 5.88 Å². The van der Waals surface area contributed by atoms with Gasteiger partial charge in [-0.2, -0.15) is 0 Å². The molecule has 2 aromatic rings. The summed E-state index contributed by atoms with van der Waals surface area (Å²) in [5.41, 5.74) is 2.45. The van der Waals surface area contributed by atoms with E-state index in [-0.39, 0.29) is 24.0 Å². The second-order valence-corrected chi connectivity index (χ2v) is 7.94. The summed E-state index contributed by atoms with van der Waals surface area (Å²) < 4.78 is 10.5. The van der Waals surface area contributed by atoms with Gasteiger partial charge >= 0.3 is 0 Å². The first kappa shape index (κ1) is 26.3. The molecule has 8 heteroatoms. The van der Waals surface area contributed by atoms with Crippen LogP contribution in [0.25, 0.3) is 0 Å². The van der Waals surface area contributed by atoms with Crippen molar-refractivity contribution in [1.82, 2.24) is 20.5 Å². The highest BCUT2D eigenvalue weighted by molar-refractivity contribution is 14.0. The Balaban J connectivity index is 0.00000363. The van der Waals surface area contributed by atoms with Gasteiger partial charge in [-0.05, 0) is 30.9 Å². The van der Waals surface area contributed by atoms with Gasteiger partial charge in [0.15, 0.2) is 5.96 Å². The van der Waals surface area contributed by atoms with E-state index < -0.39 is 0 Å². The maximum absolute atomic E-state index is 5.51. The SMILES string of the molecule is CN=C(NCc1ccc(OCCOC)nc1)NC1CCN(Cc2ccccc2)C(C)C1.I. The first-order valence-electron chi connectivity index (χ1n) is 11.0. The molecule has 1 aromatic carbocycles. The number of ether oxygens (including phenoxy) is 2. The molecule has 3 rings (SSSR count). The van der Waals surface area contributed by atoms with Crippen molar-refractivity contribution in [3.05, 3.63) is 59.8 Å². The molecule has 2 N–H and O–H groups in total. The standard InChI is InChI=1S/C24H35N5O2.HI/c1-19-15-22(11-12-29(19)18-20-7-5-4-6-8-20)28-24(25-2)27-17-21-9-10-23(26-16-21)31-14-13-30-3;/h4-10,16,19,22H,11-15,17-18H2,1-3H3,(H2,25,27,28);1H. The summed E-state index contributed by atoms with van der Waals surface area (Å²) in [6.07, 6.45) is 4.03.